The van der Waals surface area contributed by atoms with Crippen LogP contribution in [-0.4, -0.2) is 45.4 Å². The van der Waals surface area contributed by atoms with Crippen molar-refractivity contribution in [1.82, 2.24) is 4.90 Å². The zero-order valence-corrected chi connectivity index (χ0v) is 16.8. The van der Waals surface area contributed by atoms with Crippen molar-refractivity contribution < 1.29 is 17.9 Å². The van der Waals surface area contributed by atoms with E-state index in [1.54, 1.807) is 12.1 Å². The topological polar surface area (TPSA) is 63.7 Å². The van der Waals surface area contributed by atoms with E-state index in [0.717, 1.165) is 45.2 Å². The van der Waals surface area contributed by atoms with E-state index in [4.69, 9.17) is 4.74 Å². The second-order valence-corrected chi connectivity index (χ2v) is 9.22. The molecule has 0 N–H and O–H groups in total. The van der Waals surface area contributed by atoms with Crippen LogP contribution in [0.5, 0.6) is 0 Å². The molecule has 0 radical (unpaired) electrons. The molecule has 0 bridgehead atoms. The van der Waals surface area contributed by atoms with Crippen LogP contribution in [0.1, 0.15) is 51.0 Å². The van der Waals surface area contributed by atoms with Gasteiger partial charge >= 0.3 is 6.09 Å². The highest BCUT2D eigenvalue weighted by Gasteiger charge is 2.23. The molecule has 1 aliphatic rings. The number of nitrogens with zero attached hydrogens (tertiary/aromatic N) is 1. The van der Waals surface area contributed by atoms with Gasteiger partial charge in [-0.3, -0.25) is 0 Å². The molecule has 6 heteroatoms. The lowest BCUT2D eigenvalue weighted by molar-refractivity contribution is 0.0867. The standard InChI is InChI=1S/C20H31NO4S/c1-3-16-25-20(22)21-14-12-18(13-15-21)7-5-4-6-17-8-10-19(11-9-17)26(2,23)24/h8-11,18H,3-7,12-16H2,1-2H3. The monoisotopic (exact) mass is 381 g/mol. The zero-order chi connectivity index (χ0) is 19.0. The summed E-state index contributed by atoms with van der Waals surface area (Å²) in [4.78, 5) is 14.0. The van der Waals surface area contributed by atoms with E-state index in [1.807, 2.05) is 24.0 Å². The number of piperidine rings is 1. The van der Waals surface area contributed by atoms with Crippen molar-refractivity contribution >= 4 is 15.9 Å². The molecule has 5 nitrogen and oxygen atoms in total. The molecule has 1 aliphatic heterocycles. The van der Waals surface area contributed by atoms with Crippen LogP contribution in [0.25, 0.3) is 0 Å². The Morgan fingerprint density at radius 2 is 1.81 bits per heavy atom. The zero-order valence-electron chi connectivity index (χ0n) is 15.9. The summed E-state index contributed by atoms with van der Waals surface area (Å²) in [6.07, 6.45) is 8.49. The molecule has 146 valence electrons. The van der Waals surface area contributed by atoms with Crippen LogP contribution >= 0.6 is 0 Å². The highest BCUT2D eigenvalue weighted by atomic mass is 32.2. The van der Waals surface area contributed by atoms with Gasteiger partial charge < -0.3 is 9.64 Å². The lowest BCUT2D eigenvalue weighted by Gasteiger charge is -2.31. The quantitative estimate of drug-likeness (QED) is 0.637. The number of amides is 1. The van der Waals surface area contributed by atoms with E-state index >= 15 is 0 Å². The minimum absolute atomic E-state index is 0.164. The maximum atomic E-state index is 11.8. The Bertz CT molecular complexity index is 662. The van der Waals surface area contributed by atoms with Gasteiger partial charge in [0.15, 0.2) is 9.84 Å². The van der Waals surface area contributed by atoms with Crippen molar-refractivity contribution in [3.8, 4) is 0 Å². The lowest BCUT2D eigenvalue weighted by atomic mass is 9.91. The highest BCUT2D eigenvalue weighted by molar-refractivity contribution is 7.90. The molecule has 0 unspecified atom stereocenters. The summed E-state index contributed by atoms with van der Waals surface area (Å²) in [5.41, 5.74) is 1.19. The van der Waals surface area contributed by atoms with E-state index < -0.39 is 9.84 Å². The van der Waals surface area contributed by atoms with E-state index in [1.165, 1.54) is 24.7 Å². The average molecular weight is 382 g/mol. The van der Waals surface area contributed by atoms with E-state index in [0.29, 0.717) is 17.4 Å². The number of carbonyl (C=O) groups is 1. The minimum atomic E-state index is -3.11. The van der Waals surface area contributed by atoms with Crippen molar-refractivity contribution in [1.29, 1.82) is 0 Å². The first-order chi connectivity index (χ1) is 12.4. The number of sulfone groups is 1. The van der Waals surface area contributed by atoms with Gasteiger partial charge in [0.05, 0.1) is 11.5 Å². The summed E-state index contributed by atoms with van der Waals surface area (Å²) in [7, 11) is -3.11. The second kappa shape index (κ2) is 9.95. The maximum absolute atomic E-state index is 11.8. The first-order valence-corrected chi connectivity index (χ1v) is 11.5. The summed E-state index contributed by atoms with van der Waals surface area (Å²) >= 11 is 0. The Labute approximate surface area is 157 Å². The Hall–Kier alpha value is -1.56. The lowest BCUT2D eigenvalue weighted by Crippen LogP contribution is -2.38. The largest absolute Gasteiger partial charge is 0.449 e. The van der Waals surface area contributed by atoms with Crippen molar-refractivity contribution in [3.05, 3.63) is 29.8 Å². The fraction of sp³-hybridized carbons (Fsp3) is 0.650. The molecular formula is C20H31NO4S. The van der Waals surface area contributed by atoms with Gasteiger partial charge in [0.2, 0.25) is 0 Å². The van der Waals surface area contributed by atoms with Crippen LogP contribution in [0.4, 0.5) is 4.79 Å². The highest BCUT2D eigenvalue weighted by Crippen LogP contribution is 2.23. The molecule has 0 aliphatic carbocycles. The molecule has 0 saturated carbocycles. The smallest absolute Gasteiger partial charge is 0.409 e. The molecule has 1 heterocycles. The SMILES string of the molecule is CCCOC(=O)N1CCC(CCCCc2ccc(S(C)(=O)=O)cc2)CC1. The molecule has 26 heavy (non-hydrogen) atoms. The third-order valence-electron chi connectivity index (χ3n) is 4.98. The van der Waals surface area contributed by atoms with Gasteiger partial charge in [-0.15, -0.1) is 0 Å². The van der Waals surface area contributed by atoms with Crippen molar-refractivity contribution in [2.75, 3.05) is 26.0 Å². The summed E-state index contributed by atoms with van der Waals surface area (Å²) in [6, 6.07) is 7.21. The van der Waals surface area contributed by atoms with Gasteiger partial charge in [-0.1, -0.05) is 31.9 Å². The Morgan fingerprint density at radius 1 is 1.15 bits per heavy atom. The van der Waals surface area contributed by atoms with Gasteiger partial charge in [-0.25, -0.2) is 13.2 Å². The van der Waals surface area contributed by atoms with Gasteiger partial charge in [-0.05, 0) is 55.7 Å². The van der Waals surface area contributed by atoms with Gasteiger partial charge in [0.25, 0.3) is 0 Å². The minimum Gasteiger partial charge on any atom is -0.449 e. The second-order valence-electron chi connectivity index (χ2n) is 7.21. The average Bonchev–Trinajstić information content (AvgIpc) is 2.63. The molecule has 1 saturated heterocycles. The van der Waals surface area contributed by atoms with Gasteiger partial charge in [-0.2, -0.15) is 0 Å². The third-order valence-corrected chi connectivity index (χ3v) is 6.11. The van der Waals surface area contributed by atoms with Crippen LogP contribution in [0.3, 0.4) is 0 Å². The van der Waals surface area contributed by atoms with Crippen molar-refractivity contribution in [3.63, 3.8) is 0 Å². The number of ether oxygens (including phenoxy) is 1. The fourth-order valence-corrected chi connectivity index (χ4v) is 3.98. The summed E-state index contributed by atoms with van der Waals surface area (Å²) < 4.78 is 28.1. The number of carbonyl (C=O) groups excluding carboxylic acids is 1. The maximum Gasteiger partial charge on any atom is 0.409 e. The molecule has 1 amide bonds. The van der Waals surface area contributed by atoms with Crippen LogP contribution in [0.2, 0.25) is 0 Å². The third kappa shape index (κ3) is 6.63. The van der Waals surface area contributed by atoms with Crippen molar-refractivity contribution in [2.24, 2.45) is 5.92 Å². The number of benzene rings is 1. The molecule has 0 atom stereocenters. The van der Waals surface area contributed by atoms with E-state index in [-0.39, 0.29) is 6.09 Å². The molecule has 1 fully saturated rings. The number of likely N-dealkylation sites (tertiary alicyclic amines) is 1. The van der Waals surface area contributed by atoms with Crippen LogP contribution in [-0.2, 0) is 21.0 Å². The number of rotatable bonds is 8. The summed E-state index contributed by atoms with van der Waals surface area (Å²) in [5.74, 6) is 0.692. The first kappa shape index (κ1) is 20.7. The van der Waals surface area contributed by atoms with E-state index in [2.05, 4.69) is 0 Å². The van der Waals surface area contributed by atoms with Gasteiger partial charge in [0.1, 0.15) is 0 Å². The Morgan fingerprint density at radius 3 is 2.38 bits per heavy atom. The molecule has 2 rings (SSSR count). The number of aryl methyl sites for hydroxylation is 1. The normalized spacial score (nSPS) is 15.8. The summed E-state index contributed by atoms with van der Waals surface area (Å²) in [6.45, 7) is 4.11. The Balaban J connectivity index is 1.63. The molecule has 1 aromatic carbocycles. The number of unbranched alkanes of at least 4 members (excludes halogenated alkanes) is 1. The van der Waals surface area contributed by atoms with Crippen LogP contribution in [0.15, 0.2) is 29.2 Å². The van der Waals surface area contributed by atoms with Gasteiger partial charge in [0, 0.05) is 19.3 Å². The first-order valence-electron chi connectivity index (χ1n) is 9.61. The fourth-order valence-electron chi connectivity index (χ4n) is 3.35. The predicted octanol–water partition coefficient (Wildman–Crippen LogP) is 4.06. The number of hydrogen-bond acceptors (Lipinski definition) is 4. The van der Waals surface area contributed by atoms with Crippen LogP contribution < -0.4 is 0 Å². The van der Waals surface area contributed by atoms with Crippen molar-refractivity contribution in [2.45, 2.75) is 56.8 Å². The molecule has 1 aromatic rings. The number of hydrogen-bond donors (Lipinski definition) is 0. The van der Waals surface area contributed by atoms with E-state index in [9.17, 15) is 13.2 Å². The van der Waals surface area contributed by atoms with Crippen LogP contribution in [0, 0.1) is 5.92 Å². The predicted molar refractivity (Wildman–Crippen MR) is 103 cm³/mol. The summed E-state index contributed by atoms with van der Waals surface area (Å²) in [5, 5.41) is 0. The molecular weight excluding hydrogens is 350 g/mol. The molecule has 0 aromatic heterocycles. The Kier molecular flexibility index (Phi) is 7.94. The molecule has 0 spiro atoms.